The molecule has 3 rings (SSSR count). The van der Waals surface area contributed by atoms with Crippen molar-refractivity contribution in [3.63, 3.8) is 0 Å². The number of rotatable bonds is 2. The molecule has 21 heavy (non-hydrogen) atoms. The lowest BCUT2D eigenvalue weighted by Gasteiger charge is -2.51. The summed E-state index contributed by atoms with van der Waals surface area (Å²) in [5.41, 5.74) is 0. The van der Waals surface area contributed by atoms with Crippen LogP contribution in [0.15, 0.2) is 0 Å². The second-order valence-electron chi connectivity index (χ2n) is 9.21. The maximum Gasteiger partial charge on any atom is -0.00575 e. The van der Waals surface area contributed by atoms with Crippen LogP contribution in [0.5, 0.6) is 0 Å². The van der Waals surface area contributed by atoms with Gasteiger partial charge in [0.25, 0.3) is 0 Å². The van der Waals surface area contributed by atoms with Crippen LogP contribution in [0.2, 0.25) is 0 Å². The molecule has 0 aromatic rings. The molecule has 7 atom stereocenters. The lowest BCUT2D eigenvalue weighted by molar-refractivity contribution is 0.279. The molecule has 0 aromatic carbocycles. The van der Waals surface area contributed by atoms with Crippen LogP contribution in [-0.4, -0.2) is 23.0 Å². The molecule has 0 radical (unpaired) electrons. The number of fused-ring (bicyclic) bond motifs is 1. The summed E-state index contributed by atoms with van der Waals surface area (Å²) in [7, 11) is -0.473. The van der Waals surface area contributed by atoms with Crippen LogP contribution in [0, 0.1) is 35.5 Å². The number of hydrogen-bond acceptors (Lipinski definition) is 0. The van der Waals surface area contributed by atoms with Gasteiger partial charge >= 0.3 is 0 Å². The zero-order valence-electron chi connectivity index (χ0n) is 15.3. The SMILES string of the molecule is CC1C(C)C(C)C(S(C)(C)C2CCC3CCCCC32)C1C. The molecular formula is C20H38S. The molecule has 1 heteroatoms. The monoisotopic (exact) mass is 310 g/mol. The summed E-state index contributed by atoms with van der Waals surface area (Å²) < 4.78 is 0. The van der Waals surface area contributed by atoms with Crippen molar-refractivity contribution < 1.29 is 0 Å². The second kappa shape index (κ2) is 5.77. The zero-order valence-corrected chi connectivity index (χ0v) is 16.1. The Hall–Kier alpha value is 0.350. The molecule has 0 amide bonds. The van der Waals surface area contributed by atoms with Crippen LogP contribution in [-0.2, 0) is 0 Å². The summed E-state index contributed by atoms with van der Waals surface area (Å²) in [6, 6.07) is 0. The molecule has 3 aliphatic rings. The maximum absolute atomic E-state index is 2.73. The van der Waals surface area contributed by atoms with Crippen molar-refractivity contribution in [1.82, 2.24) is 0 Å². The first-order valence-corrected chi connectivity index (χ1v) is 12.1. The fraction of sp³-hybridized carbons (Fsp3) is 1.00. The largest absolute Gasteiger partial charge is 0.240 e. The van der Waals surface area contributed by atoms with Crippen LogP contribution in [0.3, 0.4) is 0 Å². The van der Waals surface area contributed by atoms with Gasteiger partial charge in [-0.2, -0.15) is 0 Å². The van der Waals surface area contributed by atoms with Crippen molar-refractivity contribution in [3.8, 4) is 0 Å². The summed E-state index contributed by atoms with van der Waals surface area (Å²) in [4.78, 5) is 0. The van der Waals surface area contributed by atoms with Crippen molar-refractivity contribution in [1.29, 1.82) is 0 Å². The minimum Gasteiger partial charge on any atom is -0.240 e. The highest BCUT2D eigenvalue weighted by Gasteiger charge is 2.52. The molecule has 0 saturated heterocycles. The Morgan fingerprint density at radius 3 is 1.86 bits per heavy atom. The van der Waals surface area contributed by atoms with Gasteiger partial charge in [0.15, 0.2) is 0 Å². The van der Waals surface area contributed by atoms with Crippen LogP contribution in [0.4, 0.5) is 0 Å². The molecule has 0 aromatic heterocycles. The fourth-order valence-electron chi connectivity index (χ4n) is 6.77. The van der Waals surface area contributed by atoms with Gasteiger partial charge in [-0.3, -0.25) is 0 Å². The lowest BCUT2D eigenvalue weighted by atomic mass is 9.82. The summed E-state index contributed by atoms with van der Waals surface area (Å²) in [6.45, 7) is 10.2. The van der Waals surface area contributed by atoms with Crippen LogP contribution in [0.25, 0.3) is 0 Å². The molecule has 0 aliphatic heterocycles. The average molecular weight is 311 g/mol. The van der Waals surface area contributed by atoms with Crippen molar-refractivity contribution in [2.75, 3.05) is 12.5 Å². The van der Waals surface area contributed by atoms with Crippen LogP contribution in [0.1, 0.15) is 66.2 Å². The normalized spacial score (nSPS) is 51.9. The van der Waals surface area contributed by atoms with Crippen molar-refractivity contribution in [2.24, 2.45) is 35.5 Å². The predicted molar refractivity (Wildman–Crippen MR) is 98.4 cm³/mol. The first-order chi connectivity index (χ1) is 9.85. The summed E-state index contributed by atoms with van der Waals surface area (Å²) in [5.74, 6) is 5.97. The van der Waals surface area contributed by atoms with E-state index in [-0.39, 0.29) is 0 Å². The van der Waals surface area contributed by atoms with Gasteiger partial charge in [0.1, 0.15) is 0 Å². The molecule has 3 aliphatic carbocycles. The van der Waals surface area contributed by atoms with E-state index in [1.54, 1.807) is 25.7 Å². The van der Waals surface area contributed by atoms with Gasteiger partial charge in [0, 0.05) is 0 Å². The minimum absolute atomic E-state index is 0.473. The van der Waals surface area contributed by atoms with Gasteiger partial charge in [0.05, 0.1) is 0 Å². The summed E-state index contributed by atoms with van der Waals surface area (Å²) in [5, 5.41) is 2.11. The molecule has 0 N–H and O–H groups in total. The summed E-state index contributed by atoms with van der Waals surface area (Å²) in [6.07, 6.45) is 14.8. The van der Waals surface area contributed by atoms with E-state index in [0.717, 1.165) is 46.0 Å². The second-order valence-corrected chi connectivity index (χ2v) is 13.3. The van der Waals surface area contributed by atoms with Crippen LogP contribution >= 0.6 is 10.0 Å². The molecule has 0 heterocycles. The third-order valence-electron chi connectivity index (χ3n) is 8.27. The van der Waals surface area contributed by atoms with Gasteiger partial charge < -0.3 is 0 Å². The van der Waals surface area contributed by atoms with E-state index in [4.69, 9.17) is 0 Å². The third-order valence-corrected chi connectivity index (χ3v) is 12.7. The Morgan fingerprint density at radius 1 is 0.667 bits per heavy atom. The first kappa shape index (κ1) is 16.2. The Balaban J connectivity index is 1.83. The highest BCUT2D eigenvalue weighted by molar-refractivity contribution is 8.33. The Bertz CT molecular complexity index is 360. The van der Waals surface area contributed by atoms with E-state index < -0.39 is 10.0 Å². The maximum atomic E-state index is 2.73. The molecule has 124 valence electrons. The fourth-order valence-corrected chi connectivity index (χ4v) is 11.9. The highest BCUT2D eigenvalue weighted by Crippen LogP contribution is 2.67. The average Bonchev–Trinajstić information content (AvgIpc) is 2.96. The van der Waals surface area contributed by atoms with E-state index in [1.807, 2.05) is 0 Å². The van der Waals surface area contributed by atoms with Gasteiger partial charge in [-0.15, -0.1) is 0 Å². The smallest absolute Gasteiger partial charge is 0.00575 e. The van der Waals surface area contributed by atoms with E-state index >= 15 is 0 Å². The van der Waals surface area contributed by atoms with Crippen molar-refractivity contribution >= 4 is 10.0 Å². The molecule has 0 bridgehead atoms. The zero-order chi connectivity index (χ0) is 15.4. The van der Waals surface area contributed by atoms with E-state index in [2.05, 4.69) is 40.2 Å². The Morgan fingerprint density at radius 2 is 1.24 bits per heavy atom. The molecular weight excluding hydrogens is 272 g/mol. The van der Waals surface area contributed by atoms with Gasteiger partial charge in [-0.25, -0.2) is 10.0 Å². The van der Waals surface area contributed by atoms with Crippen molar-refractivity contribution in [2.45, 2.75) is 76.7 Å². The first-order valence-electron chi connectivity index (χ1n) is 9.56. The number of hydrogen-bond donors (Lipinski definition) is 0. The highest BCUT2D eigenvalue weighted by atomic mass is 32.3. The standard InChI is InChI=1S/C20H38S/c1-13-14(2)16(4)20(15(13)3)21(5,6)19-12-11-17-9-7-8-10-18(17)19/h13-20H,7-12H2,1-6H3. The molecule has 3 saturated carbocycles. The van der Waals surface area contributed by atoms with Crippen LogP contribution < -0.4 is 0 Å². The van der Waals surface area contributed by atoms with Gasteiger partial charge in [-0.05, 0) is 77.8 Å². The van der Waals surface area contributed by atoms with E-state index in [9.17, 15) is 0 Å². The van der Waals surface area contributed by atoms with Gasteiger partial charge in [-0.1, -0.05) is 47.0 Å². The van der Waals surface area contributed by atoms with E-state index in [0.29, 0.717) is 0 Å². The minimum atomic E-state index is -0.473. The third kappa shape index (κ3) is 2.50. The Kier molecular flexibility index (Phi) is 4.45. The van der Waals surface area contributed by atoms with Gasteiger partial charge in [0.2, 0.25) is 0 Å². The molecule has 0 nitrogen and oxygen atoms in total. The predicted octanol–water partition coefficient (Wildman–Crippen LogP) is 5.95. The molecule has 0 spiro atoms. The van der Waals surface area contributed by atoms with Crippen molar-refractivity contribution in [3.05, 3.63) is 0 Å². The molecule has 3 fully saturated rings. The quantitative estimate of drug-likeness (QED) is 0.591. The lowest BCUT2D eigenvalue weighted by Crippen LogP contribution is -2.36. The Labute approximate surface area is 135 Å². The van der Waals surface area contributed by atoms with E-state index in [1.165, 1.54) is 12.8 Å². The topological polar surface area (TPSA) is 0 Å². The summed E-state index contributed by atoms with van der Waals surface area (Å²) >= 11 is 0. The molecule has 7 unspecified atom stereocenters.